The molecule has 7 rings (SSSR count). The van der Waals surface area contributed by atoms with Gasteiger partial charge >= 0.3 is 17.6 Å². The number of hydrogen-bond donors (Lipinski definition) is 3. The molecule has 1 saturated heterocycles. The summed E-state index contributed by atoms with van der Waals surface area (Å²) in [5.41, 5.74) is 0.770. The van der Waals surface area contributed by atoms with Gasteiger partial charge in [0, 0.05) is 11.6 Å². The van der Waals surface area contributed by atoms with Crippen molar-refractivity contribution in [2.45, 2.75) is 69.4 Å². The molecule has 1 unspecified atom stereocenters. The lowest BCUT2D eigenvalue weighted by molar-refractivity contribution is -0.219. The summed E-state index contributed by atoms with van der Waals surface area (Å²) in [6.45, 7) is -0.158. The maximum atomic E-state index is 13.1. The van der Waals surface area contributed by atoms with E-state index in [0.717, 1.165) is 49.0 Å². The van der Waals surface area contributed by atoms with Crippen molar-refractivity contribution in [1.29, 1.82) is 0 Å². The average molecular weight is 528 g/mol. The van der Waals surface area contributed by atoms with Crippen LogP contribution < -0.4 is 11.2 Å². The third kappa shape index (κ3) is 4.27. The van der Waals surface area contributed by atoms with E-state index in [0.29, 0.717) is 0 Å². The molecule has 4 fully saturated rings. The third-order valence-electron chi connectivity index (χ3n) is 8.45. The predicted octanol–water partition coefficient (Wildman–Crippen LogP) is 2.01. The fourth-order valence-electron chi connectivity index (χ4n) is 6.23. The van der Waals surface area contributed by atoms with E-state index in [-0.39, 0.29) is 29.0 Å². The fourth-order valence-corrected chi connectivity index (χ4v) is 6.23. The number of aliphatic hydroxyl groups excluding tert-OH is 1. The van der Waals surface area contributed by atoms with Gasteiger partial charge in [-0.05, 0) is 62.6 Å². The molecule has 5 aliphatic rings. The van der Waals surface area contributed by atoms with Gasteiger partial charge in [0.25, 0.3) is 0 Å². The average Bonchev–Trinajstić information content (AvgIpc) is 3.27. The molecule has 12 nitrogen and oxygen atoms in total. The van der Waals surface area contributed by atoms with Gasteiger partial charge < -0.3 is 24.1 Å². The Morgan fingerprint density at radius 1 is 1.03 bits per heavy atom. The van der Waals surface area contributed by atoms with Gasteiger partial charge in [-0.1, -0.05) is 12.1 Å². The molecule has 202 valence electrons. The maximum Gasteiger partial charge on any atom is 0.351 e. The number of esters is 2. The Morgan fingerprint density at radius 3 is 2.26 bits per heavy atom. The highest BCUT2D eigenvalue weighted by Crippen LogP contribution is 2.52. The number of benzene rings is 1. The van der Waals surface area contributed by atoms with Crippen molar-refractivity contribution in [2.24, 2.45) is 11.3 Å². The van der Waals surface area contributed by atoms with Gasteiger partial charge in [-0.15, -0.1) is 0 Å². The maximum absolute atomic E-state index is 13.1. The summed E-state index contributed by atoms with van der Waals surface area (Å²) < 4.78 is 24.7. The summed E-state index contributed by atoms with van der Waals surface area (Å²) in [5.74, 6) is -0.873. The quantitative estimate of drug-likeness (QED) is 0.287. The highest BCUT2D eigenvalue weighted by atomic mass is 16.7. The van der Waals surface area contributed by atoms with E-state index in [1.807, 2.05) is 0 Å². The first-order chi connectivity index (χ1) is 18.4. The number of fused-ring (bicyclic) bond motifs is 5. The van der Waals surface area contributed by atoms with E-state index in [4.69, 9.17) is 24.2 Å². The lowest BCUT2D eigenvalue weighted by Gasteiger charge is -2.48. The molecule has 1 aromatic carbocycles. The lowest BCUT2D eigenvalue weighted by Crippen LogP contribution is -2.47. The number of anilines is 1. The summed E-state index contributed by atoms with van der Waals surface area (Å²) >= 11 is 0. The number of hydrogen-bond acceptors (Lipinski definition) is 11. The fraction of sp³-hybridized carbons (Fsp3) is 0.538. The molecule has 2 aliphatic heterocycles. The van der Waals surface area contributed by atoms with Crippen LogP contribution in [0.15, 0.2) is 41.3 Å². The number of rotatable bonds is 6. The van der Waals surface area contributed by atoms with Crippen molar-refractivity contribution in [3.63, 3.8) is 0 Å². The molecule has 1 aromatic heterocycles. The van der Waals surface area contributed by atoms with Crippen LogP contribution in [0.25, 0.3) is 0 Å². The van der Waals surface area contributed by atoms with Crippen molar-refractivity contribution >= 4 is 17.8 Å². The Kier molecular flexibility index (Phi) is 6.42. The van der Waals surface area contributed by atoms with Crippen LogP contribution in [0.5, 0.6) is 0 Å². The van der Waals surface area contributed by atoms with Gasteiger partial charge in [0.1, 0.15) is 6.10 Å². The van der Waals surface area contributed by atoms with Crippen molar-refractivity contribution in [1.82, 2.24) is 9.55 Å². The van der Waals surface area contributed by atoms with Gasteiger partial charge in [0.05, 0.1) is 17.7 Å². The van der Waals surface area contributed by atoms with Crippen LogP contribution in [0.4, 0.5) is 5.82 Å². The molecule has 3 N–H and O–H groups in total. The Morgan fingerprint density at radius 2 is 1.66 bits per heavy atom. The van der Waals surface area contributed by atoms with Gasteiger partial charge in [-0.2, -0.15) is 4.98 Å². The van der Waals surface area contributed by atoms with Crippen LogP contribution in [0.1, 0.15) is 65.5 Å². The zero-order valence-corrected chi connectivity index (χ0v) is 20.5. The summed E-state index contributed by atoms with van der Waals surface area (Å²) in [6, 6.07) is 7.46. The lowest BCUT2D eigenvalue weighted by atomic mass is 9.60. The molecule has 3 saturated carbocycles. The van der Waals surface area contributed by atoms with Crippen LogP contribution in [-0.4, -0.2) is 63.0 Å². The van der Waals surface area contributed by atoms with E-state index < -0.39 is 48.5 Å². The molecule has 3 aliphatic carbocycles. The summed E-state index contributed by atoms with van der Waals surface area (Å²) in [7, 11) is 0. The first-order valence-electron chi connectivity index (χ1n) is 12.8. The minimum atomic E-state index is -1.21. The zero-order chi connectivity index (χ0) is 26.4. The van der Waals surface area contributed by atoms with Gasteiger partial charge in [0.15, 0.2) is 30.5 Å². The Balaban J connectivity index is 1.30. The monoisotopic (exact) mass is 527 g/mol. The molecule has 3 heterocycles. The second-order valence-electron chi connectivity index (χ2n) is 10.5. The summed E-state index contributed by atoms with van der Waals surface area (Å²) in [5, 5.41) is 20.1. The number of aromatic nitrogens is 2. The van der Waals surface area contributed by atoms with E-state index >= 15 is 0 Å². The molecule has 2 bridgehead atoms. The SMILES string of the molecule is O=C1O[C@@H]2[C@H](OC(=O)c3ccccc31)[C@@H](COC(O)C13CCC(CC1)CC3)O[C@H]2n1ccc(NO)nc1=O. The van der Waals surface area contributed by atoms with Crippen LogP contribution in [0.2, 0.25) is 0 Å². The molecule has 12 heteroatoms. The predicted molar refractivity (Wildman–Crippen MR) is 128 cm³/mol. The number of nitrogens with one attached hydrogen (secondary N) is 1. The van der Waals surface area contributed by atoms with Gasteiger partial charge in [-0.3, -0.25) is 15.3 Å². The number of nitrogens with zero attached hydrogens (tertiary/aromatic N) is 2. The highest BCUT2D eigenvalue weighted by molar-refractivity contribution is 6.03. The Labute approximate surface area is 217 Å². The normalized spacial score (nSPS) is 32.8. The van der Waals surface area contributed by atoms with E-state index in [1.165, 1.54) is 24.4 Å². The smallest absolute Gasteiger partial charge is 0.351 e. The van der Waals surface area contributed by atoms with Crippen LogP contribution in [0, 0.1) is 11.3 Å². The number of carbonyl (C=O) groups excluding carboxylic acids is 2. The second-order valence-corrected chi connectivity index (χ2v) is 10.5. The summed E-state index contributed by atoms with van der Waals surface area (Å²) in [4.78, 5) is 42.6. The largest absolute Gasteiger partial charge is 0.452 e. The molecule has 38 heavy (non-hydrogen) atoms. The van der Waals surface area contributed by atoms with Crippen LogP contribution in [-0.2, 0) is 18.9 Å². The molecular weight excluding hydrogens is 498 g/mol. The van der Waals surface area contributed by atoms with E-state index in [9.17, 15) is 19.5 Å². The van der Waals surface area contributed by atoms with Crippen LogP contribution >= 0.6 is 0 Å². The minimum Gasteiger partial charge on any atom is -0.452 e. The van der Waals surface area contributed by atoms with Crippen LogP contribution in [0.3, 0.4) is 0 Å². The highest BCUT2D eigenvalue weighted by Gasteiger charge is 2.53. The van der Waals surface area contributed by atoms with Crippen molar-refractivity contribution in [3.05, 3.63) is 58.1 Å². The van der Waals surface area contributed by atoms with Crippen molar-refractivity contribution in [2.75, 3.05) is 12.1 Å². The van der Waals surface area contributed by atoms with Gasteiger partial charge in [0.2, 0.25) is 0 Å². The van der Waals surface area contributed by atoms with E-state index in [1.54, 1.807) is 17.6 Å². The third-order valence-corrected chi connectivity index (χ3v) is 8.45. The summed E-state index contributed by atoms with van der Waals surface area (Å²) in [6.07, 6.45) is 1.63. The van der Waals surface area contributed by atoms with Crippen molar-refractivity contribution in [3.8, 4) is 0 Å². The number of carbonyl (C=O) groups is 2. The first-order valence-corrected chi connectivity index (χ1v) is 12.8. The molecular formula is C26H29N3O9. The molecule has 0 radical (unpaired) electrons. The standard InChI is InChI=1S/C26H29N3O9/c30-22-15-3-1-2-4-16(15)23(31)38-20-19(37-22)17(36-21(20)29-12-8-18(28-34)27-25(29)33)13-35-24(32)26-9-5-14(6-10-26)7-11-26/h1-4,8,12,14,17,19-21,24,32,34H,5-7,9-11,13H2,(H,27,28,33)/t14?,17-,19-,20-,21-,24?,26?/m1/s1. The molecule has 0 spiro atoms. The number of ether oxygens (including phenoxy) is 4. The zero-order valence-electron chi connectivity index (χ0n) is 20.5. The molecule has 5 atom stereocenters. The van der Waals surface area contributed by atoms with E-state index in [2.05, 4.69) is 4.98 Å². The number of aliphatic hydroxyl groups is 1. The second kappa shape index (κ2) is 9.77. The van der Waals surface area contributed by atoms with Gasteiger partial charge in [-0.25, -0.2) is 14.4 Å². The molecule has 2 aromatic rings. The Bertz CT molecular complexity index is 1270. The molecule has 0 amide bonds. The first kappa shape index (κ1) is 25.0. The van der Waals surface area contributed by atoms with Crippen molar-refractivity contribution < 1.29 is 38.9 Å². The topological polar surface area (TPSA) is 158 Å². The minimum absolute atomic E-state index is 0.0297. The Hall–Kier alpha value is -3.32.